The van der Waals surface area contributed by atoms with Crippen LogP contribution in [0.1, 0.15) is 16.1 Å². The van der Waals surface area contributed by atoms with E-state index in [-0.39, 0.29) is 0 Å². The van der Waals surface area contributed by atoms with Crippen LogP contribution in [0.15, 0.2) is 48.5 Å². The Bertz CT molecular complexity index is 619. The van der Waals surface area contributed by atoms with Gasteiger partial charge in [-0.15, -0.1) is 11.3 Å². The third-order valence-corrected chi connectivity index (χ3v) is 4.18. The predicted molar refractivity (Wildman–Crippen MR) is 78.2 cm³/mol. The second-order valence-electron chi connectivity index (χ2n) is 4.56. The molecule has 0 aliphatic rings. The highest BCUT2D eigenvalue weighted by Crippen LogP contribution is 2.22. The quantitative estimate of drug-likeness (QED) is 0.674. The number of nitrogens with zero attached hydrogens (tertiary/aromatic N) is 1. The Balaban J connectivity index is 1.74. The van der Waals surface area contributed by atoms with Crippen molar-refractivity contribution in [2.45, 2.75) is 19.8 Å². The summed E-state index contributed by atoms with van der Waals surface area (Å²) in [5, 5.41) is 1.23. The number of rotatable bonds is 3. The highest BCUT2D eigenvalue weighted by atomic mass is 32.1. The molecular formula is C16H15NS. The zero-order chi connectivity index (χ0) is 12.4. The van der Waals surface area contributed by atoms with E-state index in [0.717, 1.165) is 18.4 Å². The molecule has 0 fully saturated rings. The number of thiazole rings is 1. The summed E-state index contributed by atoms with van der Waals surface area (Å²) in [5.41, 5.74) is 3.83. The van der Waals surface area contributed by atoms with Crippen LogP contribution in [-0.2, 0) is 12.8 Å². The molecule has 3 rings (SSSR count). The molecular weight excluding hydrogens is 238 g/mol. The molecule has 0 unspecified atom stereocenters. The van der Waals surface area contributed by atoms with Crippen LogP contribution >= 0.6 is 11.3 Å². The first-order valence-corrected chi connectivity index (χ1v) is 7.03. The largest absolute Gasteiger partial charge is 0.241 e. The van der Waals surface area contributed by atoms with Gasteiger partial charge in [0.05, 0.1) is 15.2 Å². The van der Waals surface area contributed by atoms with E-state index < -0.39 is 0 Å². The van der Waals surface area contributed by atoms with Gasteiger partial charge >= 0.3 is 0 Å². The molecule has 2 heteroatoms. The molecule has 0 spiro atoms. The Morgan fingerprint density at radius 1 is 0.944 bits per heavy atom. The minimum atomic E-state index is 1.03. The molecule has 0 N–H and O–H groups in total. The minimum Gasteiger partial charge on any atom is -0.241 e. The van der Waals surface area contributed by atoms with Crippen LogP contribution in [0.4, 0.5) is 0 Å². The van der Waals surface area contributed by atoms with Gasteiger partial charge in [0, 0.05) is 6.42 Å². The SMILES string of the molecule is Cc1ccc(CCc2nc3ccccc3s2)cc1. The second kappa shape index (κ2) is 4.91. The van der Waals surface area contributed by atoms with Crippen LogP contribution in [0.5, 0.6) is 0 Å². The van der Waals surface area contributed by atoms with Crippen molar-refractivity contribution >= 4 is 21.6 Å². The molecule has 0 amide bonds. The Morgan fingerprint density at radius 2 is 1.72 bits per heavy atom. The van der Waals surface area contributed by atoms with E-state index in [1.54, 1.807) is 0 Å². The van der Waals surface area contributed by atoms with E-state index in [0.29, 0.717) is 0 Å². The van der Waals surface area contributed by atoms with E-state index in [2.05, 4.69) is 54.4 Å². The summed E-state index contributed by atoms with van der Waals surface area (Å²) in [6.45, 7) is 2.12. The Hall–Kier alpha value is -1.67. The summed E-state index contributed by atoms with van der Waals surface area (Å²) in [6, 6.07) is 17.1. The average molecular weight is 253 g/mol. The Labute approximate surface area is 111 Å². The van der Waals surface area contributed by atoms with Crippen molar-refractivity contribution in [3.63, 3.8) is 0 Å². The second-order valence-corrected chi connectivity index (χ2v) is 5.68. The van der Waals surface area contributed by atoms with Crippen LogP contribution in [0.2, 0.25) is 0 Å². The molecule has 0 aliphatic carbocycles. The zero-order valence-electron chi connectivity index (χ0n) is 10.4. The van der Waals surface area contributed by atoms with Gasteiger partial charge < -0.3 is 0 Å². The lowest BCUT2D eigenvalue weighted by atomic mass is 10.1. The summed E-state index contributed by atoms with van der Waals surface area (Å²) >= 11 is 1.81. The number of para-hydroxylation sites is 1. The molecule has 0 bridgehead atoms. The highest BCUT2D eigenvalue weighted by Gasteiger charge is 2.03. The fourth-order valence-corrected chi connectivity index (χ4v) is 3.00. The molecule has 0 saturated carbocycles. The van der Waals surface area contributed by atoms with Crippen LogP contribution < -0.4 is 0 Å². The van der Waals surface area contributed by atoms with Gasteiger partial charge in [-0.1, -0.05) is 42.0 Å². The first-order chi connectivity index (χ1) is 8.81. The summed E-state index contributed by atoms with van der Waals surface area (Å²) in [4.78, 5) is 4.66. The number of benzene rings is 2. The first kappa shape index (κ1) is 11.4. The Morgan fingerprint density at radius 3 is 2.50 bits per heavy atom. The van der Waals surface area contributed by atoms with Crippen molar-refractivity contribution in [1.82, 2.24) is 4.98 Å². The number of aryl methyl sites for hydroxylation is 3. The standard InChI is InChI=1S/C16H15NS/c1-12-6-8-13(9-7-12)10-11-16-17-14-4-2-3-5-15(14)18-16/h2-9H,10-11H2,1H3. The van der Waals surface area contributed by atoms with E-state index >= 15 is 0 Å². The van der Waals surface area contributed by atoms with Crippen LogP contribution in [0, 0.1) is 6.92 Å². The van der Waals surface area contributed by atoms with Crippen LogP contribution in [-0.4, -0.2) is 4.98 Å². The normalized spacial score (nSPS) is 10.9. The van der Waals surface area contributed by atoms with Crippen LogP contribution in [0.25, 0.3) is 10.2 Å². The van der Waals surface area contributed by atoms with Crippen molar-refractivity contribution in [2.24, 2.45) is 0 Å². The molecule has 1 heterocycles. The molecule has 3 aromatic rings. The van der Waals surface area contributed by atoms with E-state index in [9.17, 15) is 0 Å². The molecule has 0 aliphatic heterocycles. The summed E-state index contributed by atoms with van der Waals surface area (Å²) in [5.74, 6) is 0. The fourth-order valence-electron chi connectivity index (χ4n) is 2.03. The highest BCUT2D eigenvalue weighted by molar-refractivity contribution is 7.18. The smallest absolute Gasteiger partial charge is 0.0941 e. The van der Waals surface area contributed by atoms with E-state index in [1.807, 2.05) is 17.4 Å². The maximum Gasteiger partial charge on any atom is 0.0941 e. The van der Waals surface area contributed by atoms with Gasteiger partial charge in [-0.05, 0) is 31.0 Å². The predicted octanol–water partition coefficient (Wildman–Crippen LogP) is 4.39. The molecule has 18 heavy (non-hydrogen) atoms. The van der Waals surface area contributed by atoms with Gasteiger partial charge in [0.2, 0.25) is 0 Å². The maximum absolute atomic E-state index is 4.66. The zero-order valence-corrected chi connectivity index (χ0v) is 11.2. The third-order valence-electron chi connectivity index (χ3n) is 3.09. The number of fused-ring (bicyclic) bond motifs is 1. The minimum absolute atomic E-state index is 1.03. The van der Waals surface area contributed by atoms with Gasteiger partial charge in [-0.3, -0.25) is 0 Å². The molecule has 0 radical (unpaired) electrons. The van der Waals surface area contributed by atoms with Gasteiger partial charge in [0.1, 0.15) is 0 Å². The van der Waals surface area contributed by atoms with Crippen molar-refractivity contribution in [3.8, 4) is 0 Å². The summed E-state index contributed by atoms with van der Waals surface area (Å²) in [6.07, 6.45) is 2.10. The molecule has 2 aromatic carbocycles. The van der Waals surface area contributed by atoms with Crippen molar-refractivity contribution in [2.75, 3.05) is 0 Å². The molecule has 90 valence electrons. The van der Waals surface area contributed by atoms with Gasteiger partial charge in [-0.2, -0.15) is 0 Å². The lowest BCUT2D eigenvalue weighted by Gasteiger charge is -1.99. The third kappa shape index (κ3) is 2.44. The van der Waals surface area contributed by atoms with Crippen molar-refractivity contribution < 1.29 is 0 Å². The summed E-state index contributed by atoms with van der Waals surface area (Å²) in [7, 11) is 0. The number of hydrogen-bond acceptors (Lipinski definition) is 2. The van der Waals surface area contributed by atoms with Gasteiger partial charge in [-0.25, -0.2) is 4.98 Å². The molecule has 0 saturated heterocycles. The molecule has 1 aromatic heterocycles. The van der Waals surface area contributed by atoms with Crippen molar-refractivity contribution in [3.05, 3.63) is 64.7 Å². The van der Waals surface area contributed by atoms with Crippen LogP contribution in [0.3, 0.4) is 0 Å². The van der Waals surface area contributed by atoms with Crippen molar-refractivity contribution in [1.29, 1.82) is 0 Å². The number of aromatic nitrogens is 1. The topological polar surface area (TPSA) is 12.9 Å². The number of hydrogen-bond donors (Lipinski definition) is 0. The van der Waals surface area contributed by atoms with Gasteiger partial charge in [0.15, 0.2) is 0 Å². The fraction of sp³-hybridized carbons (Fsp3) is 0.188. The van der Waals surface area contributed by atoms with Gasteiger partial charge in [0.25, 0.3) is 0 Å². The van der Waals surface area contributed by atoms with E-state index in [1.165, 1.54) is 20.8 Å². The lowest BCUT2D eigenvalue weighted by Crippen LogP contribution is -1.90. The first-order valence-electron chi connectivity index (χ1n) is 6.21. The molecule has 0 atom stereocenters. The average Bonchev–Trinajstić information content (AvgIpc) is 2.81. The molecule has 1 nitrogen and oxygen atoms in total. The lowest BCUT2D eigenvalue weighted by molar-refractivity contribution is 0.948. The van der Waals surface area contributed by atoms with E-state index in [4.69, 9.17) is 0 Å². The summed E-state index contributed by atoms with van der Waals surface area (Å²) < 4.78 is 1.29. The Kier molecular flexibility index (Phi) is 3.11. The monoisotopic (exact) mass is 253 g/mol. The maximum atomic E-state index is 4.66.